The number of hydrogen-bond acceptors (Lipinski definition) is 3. The van der Waals surface area contributed by atoms with Gasteiger partial charge in [0, 0.05) is 25.2 Å². The summed E-state index contributed by atoms with van der Waals surface area (Å²) in [4.78, 5) is 25.1. The van der Waals surface area contributed by atoms with Crippen LogP contribution in [0.4, 0.5) is 9.18 Å². The molecule has 1 aromatic carbocycles. The molecule has 1 spiro atoms. The van der Waals surface area contributed by atoms with E-state index < -0.39 is 11.6 Å². The number of carbonyl (C=O) groups excluding carboxylic acids is 2. The Morgan fingerprint density at radius 3 is 2.50 bits per heavy atom. The summed E-state index contributed by atoms with van der Waals surface area (Å²) in [5.41, 5.74) is -0.105. The first-order chi connectivity index (χ1) is 9.59. The van der Waals surface area contributed by atoms with Crippen LogP contribution in [-0.4, -0.2) is 35.5 Å². The Hall–Kier alpha value is -1.95. The predicted octanol–water partition coefficient (Wildman–Crippen LogP) is 1.000. The Morgan fingerprint density at radius 1 is 1.20 bits per heavy atom. The van der Waals surface area contributed by atoms with Crippen LogP contribution in [0, 0.1) is 5.82 Å². The van der Waals surface area contributed by atoms with E-state index in [0.29, 0.717) is 38.0 Å². The number of urea groups is 1. The van der Waals surface area contributed by atoms with Crippen LogP contribution in [0.15, 0.2) is 24.3 Å². The molecule has 20 heavy (non-hydrogen) atoms. The minimum absolute atomic E-state index is 0.209. The van der Waals surface area contributed by atoms with Gasteiger partial charge in [0.1, 0.15) is 11.4 Å². The van der Waals surface area contributed by atoms with Gasteiger partial charge in [0.05, 0.1) is 0 Å². The van der Waals surface area contributed by atoms with E-state index in [2.05, 4.69) is 15.5 Å². The maximum absolute atomic E-state index is 13.6. The molecular formula is C14H16FN3O2. The van der Waals surface area contributed by atoms with Gasteiger partial charge in [-0.3, -0.25) is 15.0 Å². The van der Waals surface area contributed by atoms with Gasteiger partial charge in [0.15, 0.2) is 0 Å². The van der Waals surface area contributed by atoms with Gasteiger partial charge < -0.3 is 5.32 Å². The minimum Gasteiger partial charge on any atom is -0.323 e. The first-order valence-corrected chi connectivity index (χ1v) is 6.68. The third kappa shape index (κ3) is 2.27. The van der Waals surface area contributed by atoms with Crippen molar-refractivity contribution in [1.29, 1.82) is 0 Å². The summed E-state index contributed by atoms with van der Waals surface area (Å²) in [7, 11) is 0. The van der Waals surface area contributed by atoms with E-state index in [4.69, 9.17) is 0 Å². The second-order valence-corrected chi connectivity index (χ2v) is 5.36. The molecule has 1 aromatic rings. The highest BCUT2D eigenvalue weighted by molar-refractivity contribution is 6.07. The summed E-state index contributed by atoms with van der Waals surface area (Å²) in [6, 6.07) is 6.28. The fourth-order valence-electron chi connectivity index (χ4n) is 2.84. The van der Waals surface area contributed by atoms with Crippen LogP contribution in [0.25, 0.3) is 0 Å². The molecule has 2 fully saturated rings. The average molecular weight is 277 g/mol. The molecule has 3 rings (SSSR count). The third-order valence-corrected chi connectivity index (χ3v) is 4.08. The zero-order valence-electron chi connectivity index (χ0n) is 11.0. The Bertz CT molecular complexity index is 553. The zero-order chi connectivity index (χ0) is 14.2. The molecule has 0 aromatic heterocycles. The van der Waals surface area contributed by atoms with Crippen molar-refractivity contribution >= 4 is 11.9 Å². The van der Waals surface area contributed by atoms with Crippen molar-refractivity contribution in [3.63, 3.8) is 0 Å². The van der Waals surface area contributed by atoms with Crippen molar-refractivity contribution < 1.29 is 14.0 Å². The molecule has 2 saturated heterocycles. The summed E-state index contributed by atoms with van der Waals surface area (Å²) in [5, 5.41) is 5.00. The molecule has 0 saturated carbocycles. The van der Waals surface area contributed by atoms with Crippen LogP contribution in [0.2, 0.25) is 0 Å². The maximum atomic E-state index is 13.6. The van der Waals surface area contributed by atoms with Crippen molar-refractivity contribution in [3.05, 3.63) is 35.6 Å². The zero-order valence-corrected chi connectivity index (χ0v) is 11.0. The Morgan fingerprint density at radius 2 is 1.90 bits per heavy atom. The molecule has 6 heteroatoms. The van der Waals surface area contributed by atoms with Crippen molar-refractivity contribution in [2.75, 3.05) is 13.1 Å². The minimum atomic E-state index is -0.761. The first-order valence-electron chi connectivity index (χ1n) is 6.68. The third-order valence-electron chi connectivity index (χ3n) is 4.08. The number of carbonyl (C=O) groups is 2. The predicted molar refractivity (Wildman–Crippen MR) is 70.3 cm³/mol. The second kappa shape index (κ2) is 4.86. The molecule has 2 aliphatic rings. The summed E-state index contributed by atoms with van der Waals surface area (Å²) in [6.45, 7) is 1.84. The van der Waals surface area contributed by atoms with Gasteiger partial charge >= 0.3 is 6.03 Å². The fourth-order valence-corrected chi connectivity index (χ4v) is 2.84. The lowest BCUT2D eigenvalue weighted by Gasteiger charge is -2.37. The number of halogens is 1. The van der Waals surface area contributed by atoms with Crippen molar-refractivity contribution in [3.8, 4) is 0 Å². The summed E-state index contributed by atoms with van der Waals surface area (Å²) in [5.74, 6) is -0.451. The number of amides is 3. The number of likely N-dealkylation sites (tertiary alicyclic amines) is 1. The van der Waals surface area contributed by atoms with Crippen molar-refractivity contribution in [1.82, 2.24) is 15.5 Å². The highest BCUT2D eigenvalue weighted by Gasteiger charge is 2.47. The monoisotopic (exact) mass is 277 g/mol. The number of hydrogen-bond donors (Lipinski definition) is 2. The standard InChI is InChI=1S/C14H16FN3O2/c15-11-4-2-1-3-10(11)9-18-7-5-14(6-8-18)12(19)16-13(20)17-14/h1-4H,5-9H2,(H2,16,17,19,20). The molecule has 0 atom stereocenters. The van der Waals surface area contributed by atoms with Gasteiger partial charge in [-0.25, -0.2) is 9.18 Å². The lowest BCUT2D eigenvalue weighted by Crippen LogP contribution is -2.54. The lowest BCUT2D eigenvalue weighted by molar-refractivity contribution is -0.125. The number of nitrogens with zero attached hydrogens (tertiary/aromatic N) is 1. The van der Waals surface area contributed by atoms with Crippen LogP contribution in [0.5, 0.6) is 0 Å². The van der Waals surface area contributed by atoms with Crippen molar-refractivity contribution in [2.24, 2.45) is 0 Å². The van der Waals surface area contributed by atoms with Crippen LogP contribution in [0.3, 0.4) is 0 Å². The highest BCUT2D eigenvalue weighted by atomic mass is 19.1. The van der Waals surface area contributed by atoms with E-state index in [9.17, 15) is 14.0 Å². The molecule has 5 nitrogen and oxygen atoms in total. The van der Waals surface area contributed by atoms with Crippen LogP contribution >= 0.6 is 0 Å². The number of rotatable bonds is 2. The maximum Gasteiger partial charge on any atom is 0.322 e. The molecular weight excluding hydrogens is 261 g/mol. The van der Waals surface area contributed by atoms with E-state index >= 15 is 0 Å². The topological polar surface area (TPSA) is 61.4 Å². The van der Waals surface area contributed by atoms with Crippen LogP contribution in [0.1, 0.15) is 18.4 Å². The fraction of sp³-hybridized carbons (Fsp3) is 0.429. The summed E-state index contributed by atoms with van der Waals surface area (Å²) >= 11 is 0. The van der Waals surface area contributed by atoms with Crippen LogP contribution < -0.4 is 10.6 Å². The average Bonchev–Trinajstić information content (AvgIpc) is 2.70. The van der Waals surface area contributed by atoms with E-state index in [0.717, 1.165) is 0 Å². The second-order valence-electron chi connectivity index (χ2n) is 5.36. The van der Waals surface area contributed by atoms with Crippen LogP contribution in [-0.2, 0) is 11.3 Å². The van der Waals surface area contributed by atoms with Crippen molar-refractivity contribution in [2.45, 2.75) is 24.9 Å². The number of piperidine rings is 1. The molecule has 2 heterocycles. The van der Waals surface area contributed by atoms with E-state index in [1.807, 2.05) is 6.07 Å². The molecule has 0 radical (unpaired) electrons. The summed E-state index contributed by atoms with van der Waals surface area (Å²) < 4.78 is 13.6. The SMILES string of the molecule is O=C1NC(=O)C2(CCN(Cc3ccccc3F)CC2)N1. The molecule has 0 aliphatic carbocycles. The Balaban J connectivity index is 1.63. The largest absolute Gasteiger partial charge is 0.323 e. The molecule has 2 aliphatic heterocycles. The quantitative estimate of drug-likeness (QED) is 0.793. The van der Waals surface area contributed by atoms with E-state index in [-0.39, 0.29) is 11.7 Å². The number of benzene rings is 1. The Labute approximate surface area is 116 Å². The van der Waals surface area contributed by atoms with Gasteiger partial charge in [-0.15, -0.1) is 0 Å². The van der Waals surface area contributed by atoms with Gasteiger partial charge in [0.25, 0.3) is 5.91 Å². The number of imide groups is 1. The van der Waals surface area contributed by atoms with E-state index in [1.165, 1.54) is 6.07 Å². The Kier molecular flexibility index (Phi) is 3.17. The molecule has 3 amide bonds. The number of nitrogens with one attached hydrogen (secondary N) is 2. The van der Waals surface area contributed by atoms with Gasteiger partial charge in [0.2, 0.25) is 0 Å². The van der Waals surface area contributed by atoms with Gasteiger partial charge in [-0.1, -0.05) is 18.2 Å². The first kappa shape index (κ1) is 13.1. The molecule has 2 N–H and O–H groups in total. The van der Waals surface area contributed by atoms with E-state index in [1.54, 1.807) is 12.1 Å². The smallest absolute Gasteiger partial charge is 0.322 e. The molecule has 0 unspecified atom stereocenters. The molecule has 106 valence electrons. The lowest BCUT2D eigenvalue weighted by atomic mass is 9.87. The van der Waals surface area contributed by atoms with Gasteiger partial charge in [-0.2, -0.15) is 0 Å². The normalized spacial score (nSPS) is 21.9. The molecule has 0 bridgehead atoms. The summed E-state index contributed by atoms with van der Waals surface area (Å²) in [6.07, 6.45) is 1.11. The van der Waals surface area contributed by atoms with Gasteiger partial charge in [-0.05, 0) is 18.9 Å². The highest BCUT2D eigenvalue weighted by Crippen LogP contribution is 2.26.